The van der Waals surface area contributed by atoms with Crippen LogP contribution >= 0.6 is 23.1 Å². The summed E-state index contributed by atoms with van der Waals surface area (Å²) in [5.41, 5.74) is 1.06. The van der Waals surface area contributed by atoms with Crippen LogP contribution in [0.4, 0.5) is 5.13 Å². The van der Waals surface area contributed by atoms with Crippen LogP contribution in [0.15, 0.2) is 29.4 Å². The number of thioether (sulfide) groups is 1. The van der Waals surface area contributed by atoms with E-state index >= 15 is 0 Å². The van der Waals surface area contributed by atoms with Crippen LogP contribution in [0.2, 0.25) is 0 Å². The minimum absolute atomic E-state index is 0.160. The molecule has 2 aromatic heterocycles. The third-order valence-corrected chi connectivity index (χ3v) is 5.25. The molecule has 1 N–H and O–H groups in total. The molecular formula is C16H18N6O2S2. The minimum atomic E-state index is -0.160. The molecular weight excluding hydrogens is 372 g/mol. The van der Waals surface area contributed by atoms with Gasteiger partial charge in [-0.2, -0.15) is 0 Å². The Kier molecular flexibility index (Phi) is 5.84. The number of hydrogen-bond donors (Lipinski definition) is 1. The van der Waals surface area contributed by atoms with Gasteiger partial charge in [0.25, 0.3) is 0 Å². The number of anilines is 1. The van der Waals surface area contributed by atoms with Crippen molar-refractivity contribution in [3.05, 3.63) is 40.7 Å². The van der Waals surface area contributed by atoms with E-state index in [9.17, 15) is 4.79 Å². The molecule has 0 bridgehead atoms. The standard InChI is InChI=1S/C16H18N6O2S2/c1-10-6-4-5-7-12(10)24-8-13-19-21-16(22(13)3)25-9-14(23)17-15-20-18-11(2)26-15/h4-7H,8-9H2,1-3H3,(H,17,20,23). The zero-order chi connectivity index (χ0) is 18.5. The smallest absolute Gasteiger partial charge is 0.236 e. The van der Waals surface area contributed by atoms with Crippen molar-refractivity contribution in [2.24, 2.45) is 7.05 Å². The number of carbonyl (C=O) groups excluding carboxylic acids is 1. The Bertz CT molecular complexity index is 908. The number of aryl methyl sites for hydroxylation is 2. The van der Waals surface area contributed by atoms with Gasteiger partial charge in [-0.05, 0) is 25.5 Å². The van der Waals surface area contributed by atoms with E-state index < -0.39 is 0 Å². The highest BCUT2D eigenvalue weighted by atomic mass is 32.2. The van der Waals surface area contributed by atoms with E-state index in [1.54, 1.807) is 0 Å². The van der Waals surface area contributed by atoms with Gasteiger partial charge in [0.15, 0.2) is 11.0 Å². The Labute approximate surface area is 159 Å². The normalized spacial score (nSPS) is 10.7. The van der Waals surface area contributed by atoms with Crippen LogP contribution < -0.4 is 10.1 Å². The Morgan fingerprint density at radius 1 is 1.23 bits per heavy atom. The lowest BCUT2D eigenvalue weighted by molar-refractivity contribution is -0.113. The second kappa shape index (κ2) is 8.28. The first-order chi connectivity index (χ1) is 12.5. The molecule has 10 heteroatoms. The van der Waals surface area contributed by atoms with Gasteiger partial charge in [0, 0.05) is 7.05 Å². The number of rotatable bonds is 7. The third-order valence-electron chi connectivity index (χ3n) is 3.48. The van der Waals surface area contributed by atoms with E-state index in [1.165, 1.54) is 23.1 Å². The van der Waals surface area contributed by atoms with Gasteiger partial charge in [-0.3, -0.25) is 10.1 Å². The molecule has 0 saturated heterocycles. The Morgan fingerprint density at radius 2 is 2.04 bits per heavy atom. The number of aromatic nitrogens is 5. The van der Waals surface area contributed by atoms with Crippen LogP contribution in [-0.2, 0) is 18.4 Å². The number of benzene rings is 1. The fourth-order valence-electron chi connectivity index (χ4n) is 2.09. The number of ether oxygens (including phenoxy) is 1. The number of amides is 1. The van der Waals surface area contributed by atoms with Crippen molar-refractivity contribution in [2.75, 3.05) is 11.1 Å². The van der Waals surface area contributed by atoms with E-state index in [1.807, 2.05) is 49.7 Å². The molecule has 1 amide bonds. The molecule has 0 unspecified atom stereocenters. The van der Waals surface area contributed by atoms with Gasteiger partial charge in [-0.25, -0.2) is 0 Å². The fourth-order valence-corrected chi connectivity index (χ4v) is 3.43. The number of nitrogens with zero attached hydrogens (tertiary/aromatic N) is 5. The number of para-hydroxylation sites is 1. The highest BCUT2D eigenvalue weighted by molar-refractivity contribution is 7.99. The monoisotopic (exact) mass is 390 g/mol. The van der Waals surface area contributed by atoms with E-state index in [4.69, 9.17) is 4.74 Å². The first-order valence-corrected chi connectivity index (χ1v) is 9.62. The van der Waals surface area contributed by atoms with Crippen molar-refractivity contribution in [1.82, 2.24) is 25.0 Å². The number of nitrogens with one attached hydrogen (secondary N) is 1. The SMILES string of the molecule is Cc1nnc(NC(=O)CSc2nnc(COc3ccccc3C)n2C)s1. The summed E-state index contributed by atoms with van der Waals surface area (Å²) < 4.78 is 7.62. The molecule has 0 aliphatic heterocycles. The van der Waals surface area contributed by atoms with Gasteiger partial charge in [-0.15, -0.1) is 20.4 Å². The summed E-state index contributed by atoms with van der Waals surface area (Å²) in [5.74, 6) is 1.56. The topological polar surface area (TPSA) is 94.8 Å². The molecule has 8 nitrogen and oxygen atoms in total. The molecule has 0 spiro atoms. The van der Waals surface area contributed by atoms with Crippen LogP contribution in [0, 0.1) is 13.8 Å². The molecule has 0 aliphatic rings. The van der Waals surface area contributed by atoms with Crippen molar-refractivity contribution in [2.45, 2.75) is 25.6 Å². The maximum atomic E-state index is 12.0. The fraction of sp³-hybridized carbons (Fsp3) is 0.312. The van der Waals surface area contributed by atoms with Crippen molar-refractivity contribution in [1.29, 1.82) is 0 Å². The summed E-state index contributed by atoms with van der Waals surface area (Å²) in [6.07, 6.45) is 0. The predicted octanol–water partition coefficient (Wildman–Crippen LogP) is 2.59. The average molecular weight is 390 g/mol. The number of hydrogen-bond acceptors (Lipinski definition) is 8. The lowest BCUT2D eigenvalue weighted by Crippen LogP contribution is -2.14. The van der Waals surface area contributed by atoms with Gasteiger partial charge in [0.1, 0.15) is 17.4 Å². The summed E-state index contributed by atoms with van der Waals surface area (Å²) in [7, 11) is 1.85. The Balaban J connectivity index is 1.53. The Morgan fingerprint density at radius 3 is 2.77 bits per heavy atom. The van der Waals surface area contributed by atoms with Gasteiger partial charge in [0.05, 0.1) is 5.75 Å². The first-order valence-electron chi connectivity index (χ1n) is 7.82. The molecule has 0 radical (unpaired) electrons. The molecule has 3 rings (SSSR count). The van der Waals surface area contributed by atoms with Gasteiger partial charge < -0.3 is 9.30 Å². The van der Waals surface area contributed by atoms with E-state index in [0.29, 0.717) is 22.7 Å². The van der Waals surface area contributed by atoms with E-state index in [-0.39, 0.29) is 11.7 Å². The predicted molar refractivity (Wildman–Crippen MR) is 101 cm³/mol. The summed E-state index contributed by atoms with van der Waals surface area (Å²) in [6, 6.07) is 7.80. The van der Waals surface area contributed by atoms with Crippen LogP contribution in [0.5, 0.6) is 5.75 Å². The quantitative estimate of drug-likeness (QED) is 0.620. The molecule has 0 aliphatic carbocycles. The van der Waals surface area contributed by atoms with Crippen molar-refractivity contribution < 1.29 is 9.53 Å². The zero-order valence-corrected chi connectivity index (χ0v) is 16.2. The third kappa shape index (κ3) is 4.58. The summed E-state index contributed by atoms with van der Waals surface area (Å²) in [6.45, 7) is 4.14. The first kappa shape index (κ1) is 18.3. The van der Waals surface area contributed by atoms with Gasteiger partial charge in [-0.1, -0.05) is 41.3 Å². The van der Waals surface area contributed by atoms with Crippen molar-refractivity contribution in [3.63, 3.8) is 0 Å². The van der Waals surface area contributed by atoms with E-state index in [2.05, 4.69) is 25.7 Å². The highest BCUT2D eigenvalue weighted by Gasteiger charge is 2.13. The van der Waals surface area contributed by atoms with Crippen molar-refractivity contribution >= 4 is 34.1 Å². The lowest BCUT2D eigenvalue weighted by atomic mass is 10.2. The molecule has 1 aromatic carbocycles. The summed E-state index contributed by atoms with van der Waals surface area (Å²) in [5, 5.41) is 20.7. The van der Waals surface area contributed by atoms with Crippen LogP contribution in [0.1, 0.15) is 16.4 Å². The summed E-state index contributed by atoms with van der Waals surface area (Å²) >= 11 is 2.64. The maximum absolute atomic E-state index is 12.0. The van der Waals surface area contributed by atoms with E-state index in [0.717, 1.165) is 16.3 Å². The van der Waals surface area contributed by atoms with Crippen LogP contribution in [0.3, 0.4) is 0 Å². The highest BCUT2D eigenvalue weighted by Crippen LogP contribution is 2.20. The summed E-state index contributed by atoms with van der Waals surface area (Å²) in [4.78, 5) is 12.0. The second-order valence-electron chi connectivity index (χ2n) is 5.48. The molecule has 0 atom stereocenters. The molecule has 0 fully saturated rings. The number of carbonyl (C=O) groups is 1. The largest absolute Gasteiger partial charge is 0.485 e. The van der Waals surface area contributed by atoms with Gasteiger partial charge >= 0.3 is 0 Å². The minimum Gasteiger partial charge on any atom is -0.485 e. The second-order valence-corrected chi connectivity index (χ2v) is 7.60. The Hall–Kier alpha value is -2.46. The van der Waals surface area contributed by atoms with Gasteiger partial charge in [0.2, 0.25) is 11.0 Å². The molecule has 0 saturated carbocycles. The molecule has 136 valence electrons. The zero-order valence-electron chi connectivity index (χ0n) is 14.6. The van der Waals surface area contributed by atoms with Crippen LogP contribution in [0.25, 0.3) is 0 Å². The van der Waals surface area contributed by atoms with Crippen molar-refractivity contribution in [3.8, 4) is 5.75 Å². The average Bonchev–Trinajstić information content (AvgIpc) is 3.18. The molecule has 26 heavy (non-hydrogen) atoms. The molecule has 2 heterocycles. The molecule has 3 aromatic rings. The lowest BCUT2D eigenvalue weighted by Gasteiger charge is -2.08. The maximum Gasteiger partial charge on any atom is 0.236 e. The van der Waals surface area contributed by atoms with Crippen LogP contribution in [-0.4, -0.2) is 36.6 Å².